The summed E-state index contributed by atoms with van der Waals surface area (Å²) in [5, 5.41) is 18.9. The number of aliphatic hydroxyl groups excluding tert-OH is 1. The van der Waals surface area contributed by atoms with Crippen LogP contribution in [0, 0.1) is 17.5 Å². The molecule has 164 valence electrons. The number of nitrogens with zero attached hydrogens (tertiary/aromatic N) is 1. The molecule has 1 heterocycles. The van der Waals surface area contributed by atoms with Gasteiger partial charge in [-0.2, -0.15) is 0 Å². The Kier molecular flexibility index (Phi) is 6.58. The van der Waals surface area contributed by atoms with E-state index < -0.39 is 46.1 Å². The third-order valence-electron chi connectivity index (χ3n) is 4.61. The summed E-state index contributed by atoms with van der Waals surface area (Å²) < 4.78 is 42.4. The Morgan fingerprint density at radius 2 is 1.66 bits per heavy atom. The second-order valence-electron chi connectivity index (χ2n) is 6.90. The predicted octanol–water partition coefficient (Wildman–Crippen LogP) is 3.46. The summed E-state index contributed by atoms with van der Waals surface area (Å²) in [6.45, 7) is -0.358. The molecule has 0 aliphatic heterocycles. The molecule has 0 radical (unpaired) electrons. The van der Waals surface area contributed by atoms with E-state index in [4.69, 9.17) is 5.11 Å². The Balaban J connectivity index is 2.12. The second-order valence-corrected chi connectivity index (χ2v) is 6.90. The molecule has 32 heavy (non-hydrogen) atoms. The molecule has 6 nitrogen and oxygen atoms in total. The highest BCUT2D eigenvalue weighted by Gasteiger charge is 2.17. The van der Waals surface area contributed by atoms with Gasteiger partial charge in [-0.15, -0.1) is 0 Å². The van der Waals surface area contributed by atoms with Crippen molar-refractivity contribution >= 4 is 17.5 Å². The van der Waals surface area contributed by atoms with Crippen molar-refractivity contribution in [2.45, 2.75) is 13.0 Å². The first-order chi connectivity index (χ1) is 15.2. The molecule has 0 fully saturated rings. The van der Waals surface area contributed by atoms with Gasteiger partial charge in [-0.25, -0.2) is 18.0 Å². The van der Waals surface area contributed by atoms with Crippen LogP contribution in [0.15, 0.2) is 65.6 Å². The average molecular weight is 443 g/mol. The second kappa shape index (κ2) is 9.34. The number of rotatable bonds is 7. The molecule has 0 aliphatic carbocycles. The number of halogens is 3. The highest BCUT2D eigenvalue weighted by molar-refractivity contribution is 6.38. The van der Waals surface area contributed by atoms with Gasteiger partial charge in [0, 0.05) is 30.3 Å². The zero-order chi connectivity index (χ0) is 23.4. The summed E-state index contributed by atoms with van der Waals surface area (Å²) >= 11 is 0. The zero-order valence-electron chi connectivity index (χ0n) is 16.4. The molecular formula is C23H16F3NO5. The number of carboxylic acid groups (broad SMARTS) is 1. The van der Waals surface area contributed by atoms with Gasteiger partial charge in [-0.05, 0) is 29.3 Å². The molecule has 3 aromatic rings. The number of hydrogen-bond donors (Lipinski definition) is 2. The first-order valence-electron chi connectivity index (χ1n) is 9.24. The lowest BCUT2D eigenvalue weighted by Crippen LogP contribution is -2.25. The van der Waals surface area contributed by atoms with Gasteiger partial charge in [-0.1, -0.05) is 24.3 Å². The molecule has 0 bridgehead atoms. The lowest BCUT2D eigenvalue weighted by atomic mass is 10.0. The molecular weight excluding hydrogens is 427 g/mol. The minimum atomic E-state index is -1.84. The number of pyridine rings is 1. The number of ketones is 1. The van der Waals surface area contributed by atoms with Gasteiger partial charge in [0.2, 0.25) is 0 Å². The smallest absolute Gasteiger partial charge is 0.376 e. The summed E-state index contributed by atoms with van der Waals surface area (Å²) in [6, 6.07) is 9.83. The topological polar surface area (TPSA) is 96.6 Å². The van der Waals surface area contributed by atoms with Gasteiger partial charge in [0.05, 0.1) is 12.1 Å². The van der Waals surface area contributed by atoms with Crippen LogP contribution in [-0.2, 0) is 22.6 Å². The summed E-state index contributed by atoms with van der Waals surface area (Å²) in [6.07, 6.45) is 1.66. The van der Waals surface area contributed by atoms with Crippen molar-refractivity contribution in [2.75, 3.05) is 0 Å². The summed E-state index contributed by atoms with van der Waals surface area (Å²) in [7, 11) is 0. The number of carbonyl (C=O) groups excluding carboxylic acids is 1. The molecule has 0 saturated carbocycles. The van der Waals surface area contributed by atoms with Crippen molar-refractivity contribution < 1.29 is 33.0 Å². The molecule has 1 aromatic heterocycles. The average Bonchev–Trinajstić information content (AvgIpc) is 2.73. The van der Waals surface area contributed by atoms with Crippen molar-refractivity contribution in [1.29, 1.82) is 0 Å². The molecule has 9 heteroatoms. The first-order valence-corrected chi connectivity index (χ1v) is 9.24. The van der Waals surface area contributed by atoms with Crippen molar-refractivity contribution in [1.82, 2.24) is 4.57 Å². The number of aliphatic carboxylic acids is 1. The largest absolute Gasteiger partial charge is 0.507 e. The van der Waals surface area contributed by atoms with Crippen LogP contribution in [0.2, 0.25) is 0 Å². The molecule has 2 aromatic carbocycles. The summed E-state index contributed by atoms with van der Waals surface area (Å²) in [4.78, 5) is 35.0. The van der Waals surface area contributed by atoms with Gasteiger partial charge in [0.1, 0.15) is 23.2 Å². The Morgan fingerprint density at radius 1 is 0.938 bits per heavy atom. The van der Waals surface area contributed by atoms with E-state index in [1.165, 1.54) is 30.5 Å². The number of carboxylic acids is 1. The standard InChI is InChI=1S/C23H16F3NO5/c24-16-6-5-15(19(26)9-16)12-27-11-13(7-14-3-1-2-4-18(14)25)8-17(22(27)30)20(28)10-21(29)23(31)32/h1-6,8-11,28H,7,12H2,(H,31,32). The van der Waals surface area contributed by atoms with E-state index in [0.717, 1.165) is 16.7 Å². The number of aliphatic hydroxyl groups is 1. The Morgan fingerprint density at radius 3 is 2.31 bits per heavy atom. The number of benzene rings is 2. The van der Waals surface area contributed by atoms with Gasteiger partial charge in [-0.3, -0.25) is 9.59 Å². The molecule has 0 amide bonds. The van der Waals surface area contributed by atoms with Gasteiger partial charge < -0.3 is 14.8 Å². The Labute approximate surface area is 179 Å². The highest BCUT2D eigenvalue weighted by Crippen LogP contribution is 2.17. The summed E-state index contributed by atoms with van der Waals surface area (Å²) in [5.74, 6) is -6.44. The molecule has 0 saturated heterocycles. The summed E-state index contributed by atoms with van der Waals surface area (Å²) in [5.41, 5.74) is -0.752. The normalized spacial score (nSPS) is 11.4. The fourth-order valence-electron chi connectivity index (χ4n) is 3.05. The minimum Gasteiger partial charge on any atom is -0.507 e. The maximum absolute atomic E-state index is 14.1. The Hall–Kier alpha value is -4.14. The van der Waals surface area contributed by atoms with E-state index in [1.54, 1.807) is 6.07 Å². The quantitative estimate of drug-likeness (QED) is 0.331. The number of carbonyl (C=O) groups is 2. The van der Waals surface area contributed by atoms with Crippen LogP contribution in [0.1, 0.15) is 22.3 Å². The van der Waals surface area contributed by atoms with Crippen LogP contribution in [0.3, 0.4) is 0 Å². The van der Waals surface area contributed by atoms with Crippen LogP contribution < -0.4 is 5.56 Å². The molecule has 3 rings (SSSR count). The number of hydrogen-bond acceptors (Lipinski definition) is 4. The van der Waals surface area contributed by atoms with E-state index in [0.29, 0.717) is 17.7 Å². The molecule has 0 atom stereocenters. The van der Waals surface area contributed by atoms with Gasteiger partial charge in [0.15, 0.2) is 0 Å². The van der Waals surface area contributed by atoms with Gasteiger partial charge in [0.25, 0.3) is 11.3 Å². The lowest BCUT2D eigenvalue weighted by Gasteiger charge is -2.13. The predicted molar refractivity (Wildman–Crippen MR) is 109 cm³/mol. The van der Waals surface area contributed by atoms with E-state index in [-0.39, 0.29) is 24.1 Å². The van der Waals surface area contributed by atoms with E-state index >= 15 is 0 Å². The third-order valence-corrected chi connectivity index (χ3v) is 4.61. The van der Waals surface area contributed by atoms with E-state index in [1.807, 2.05) is 0 Å². The first kappa shape index (κ1) is 22.5. The van der Waals surface area contributed by atoms with E-state index in [2.05, 4.69) is 0 Å². The van der Waals surface area contributed by atoms with Crippen molar-refractivity contribution in [3.8, 4) is 0 Å². The van der Waals surface area contributed by atoms with E-state index in [9.17, 15) is 32.7 Å². The molecule has 0 spiro atoms. The maximum atomic E-state index is 14.1. The zero-order valence-corrected chi connectivity index (χ0v) is 16.4. The fourth-order valence-corrected chi connectivity index (χ4v) is 3.05. The van der Waals surface area contributed by atoms with Crippen molar-refractivity contribution in [2.24, 2.45) is 0 Å². The van der Waals surface area contributed by atoms with Crippen molar-refractivity contribution in [3.63, 3.8) is 0 Å². The fraction of sp³-hybridized carbons (Fsp3) is 0.0870. The minimum absolute atomic E-state index is 0.0218. The molecule has 2 N–H and O–H groups in total. The van der Waals surface area contributed by atoms with Crippen LogP contribution >= 0.6 is 0 Å². The van der Waals surface area contributed by atoms with Crippen LogP contribution in [0.5, 0.6) is 0 Å². The molecule has 0 aliphatic rings. The highest BCUT2D eigenvalue weighted by atomic mass is 19.1. The lowest BCUT2D eigenvalue weighted by molar-refractivity contribution is -0.146. The number of aromatic nitrogens is 1. The SMILES string of the molecule is O=C(O)C(=O)C=C(O)c1cc(Cc2ccccc2F)cn(Cc2ccc(F)cc2F)c1=O. The van der Waals surface area contributed by atoms with Crippen molar-refractivity contribution in [3.05, 3.63) is 111 Å². The van der Waals surface area contributed by atoms with Crippen LogP contribution in [-0.4, -0.2) is 26.5 Å². The Bertz CT molecular complexity index is 1300. The van der Waals surface area contributed by atoms with Gasteiger partial charge >= 0.3 is 5.97 Å². The van der Waals surface area contributed by atoms with Crippen LogP contribution in [0.4, 0.5) is 13.2 Å². The van der Waals surface area contributed by atoms with Crippen LogP contribution in [0.25, 0.3) is 5.76 Å². The molecule has 0 unspecified atom stereocenters. The monoisotopic (exact) mass is 443 g/mol. The third kappa shape index (κ3) is 5.12. The maximum Gasteiger partial charge on any atom is 0.376 e.